The monoisotopic (exact) mass is 326 g/mol. The Kier molecular flexibility index (Phi) is 5.36. The quantitative estimate of drug-likeness (QED) is 0.913. The SMILES string of the molecule is NCC1COCCN1C(=O)CCc1ccccc1Br. The van der Waals surface area contributed by atoms with Gasteiger partial charge in [-0.05, 0) is 18.1 Å². The molecule has 1 aromatic carbocycles. The van der Waals surface area contributed by atoms with Crippen molar-refractivity contribution >= 4 is 21.8 Å². The fourth-order valence-corrected chi connectivity index (χ4v) is 2.75. The van der Waals surface area contributed by atoms with E-state index in [4.69, 9.17) is 10.5 Å². The van der Waals surface area contributed by atoms with Gasteiger partial charge in [0.25, 0.3) is 0 Å². The molecule has 0 radical (unpaired) electrons. The Bertz CT molecular complexity index is 439. The lowest BCUT2D eigenvalue weighted by Gasteiger charge is -2.35. The summed E-state index contributed by atoms with van der Waals surface area (Å²) in [7, 11) is 0. The van der Waals surface area contributed by atoms with Gasteiger partial charge in [0, 0.05) is 24.0 Å². The molecule has 1 heterocycles. The predicted molar refractivity (Wildman–Crippen MR) is 77.8 cm³/mol. The molecule has 2 N–H and O–H groups in total. The zero-order valence-electron chi connectivity index (χ0n) is 10.8. The lowest BCUT2D eigenvalue weighted by Crippen LogP contribution is -2.52. The van der Waals surface area contributed by atoms with Crippen molar-refractivity contribution < 1.29 is 9.53 Å². The van der Waals surface area contributed by atoms with E-state index in [2.05, 4.69) is 15.9 Å². The number of amides is 1. The first kappa shape index (κ1) is 14.5. The number of carbonyl (C=O) groups excluding carboxylic acids is 1. The molecule has 1 aromatic rings. The minimum atomic E-state index is 0.0282. The number of halogens is 1. The first-order chi connectivity index (χ1) is 9.22. The summed E-state index contributed by atoms with van der Waals surface area (Å²) >= 11 is 3.50. The van der Waals surface area contributed by atoms with Crippen molar-refractivity contribution in [3.05, 3.63) is 34.3 Å². The number of aryl methyl sites for hydroxylation is 1. The van der Waals surface area contributed by atoms with Crippen LogP contribution in [-0.4, -0.2) is 43.2 Å². The maximum Gasteiger partial charge on any atom is 0.223 e. The summed E-state index contributed by atoms with van der Waals surface area (Å²) in [5.41, 5.74) is 6.84. The van der Waals surface area contributed by atoms with Crippen LogP contribution >= 0.6 is 15.9 Å². The lowest BCUT2D eigenvalue weighted by atomic mass is 10.1. The zero-order valence-corrected chi connectivity index (χ0v) is 12.4. The Morgan fingerprint density at radius 2 is 2.26 bits per heavy atom. The number of morpholine rings is 1. The van der Waals surface area contributed by atoms with E-state index in [9.17, 15) is 4.79 Å². The standard InChI is InChI=1S/C14H19BrN2O2/c15-13-4-2-1-3-11(13)5-6-14(18)17-7-8-19-10-12(17)9-16/h1-4,12H,5-10,16H2. The molecule has 0 saturated carbocycles. The summed E-state index contributed by atoms with van der Waals surface area (Å²) in [4.78, 5) is 14.1. The molecule has 1 saturated heterocycles. The molecule has 1 aliphatic heterocycles. The number of hydrogen-bond donors (Lipinski definition) is 1. The zero-order chi connectivity index (χ0) is 13.7. The van der Waals surface area contributed by atoms with Gasteiger partial charge in [-0.25, -0.2) is 0 Å². The number of hydrogen-bond acceptors (Lipinski definition) is 3. The van der Waals surface area contributed by atoms with E-state index in [0.29, 0.717) is 32.7 Å². The number of carbonyl (C=O) groups is 1. The first-order valence-electron chi connectivity index (χ1n) is 6.53. The van der Waals surface area contributed by atoms with E-state index in [-0.39, 0.29) is 11.9 Å². The molecule has 0 aliphatic carbocycles. The molecule has 1 aliphatic rings. The fraction of sp³-hybridized carbons (Fsp3) is 0.500. The van der Waals surface area contributed by atoms with Crippen LogP contribution in [0.4, 0.5) is 0 Å². The van der Waals surface area contributed by atoms with Gasteiger partial charge in [0.1, 0.15) is 0 Å². The molecular weight excluding hydrogens is 308 g/mol. The van der Waals surface area contributed by atoms with Crippen LogP contribution in [-0.2, 0) is 16.0 Å². The van der Waals surface area contributed by atoms with Gasteiger partial charge in [0.05, 0.1) is 19.3 Å². The second kappa shape index (κ2) is 7.03. The van der Waals surface area contributed by atoms with E-state index in [0.717, 1.165) is 16.5 Å². The van der Waals surface area contributed by atoms with Crippen LogP contribution in [0.3, 0.4) is 0 Å². The van der Waals surface area contributed by atoms with Crippen LogP contribution in [0.25, 0.3) is 0 Å². The van der Waals surface area contributed by atoms with Gasteiger partial charge in [-0.3, -0.25) is 4.79 Å². The highest BCUT2D eigenvalue weighted by Crippen LogP contribution is 2.18. The van der Waals surface area contributed by atoms with Crippen molar-refractivity contribution in [1.82, 2.24) is 4.90 Å². The molecule has 1 atom stereocenters. The van der Waals surface area contributed by atoms with Crippen molar-refractivity contribution in [2.45, 2.75) is 18.9 Å². The second-order valence-electron chi connectivity index (χ2n) is 4.64. The molecule has 1 unspecified atom stereocenters. The molecule has 2 rings (SSSR count). The number of rotatable bonds is 4. The molecule has 0 spiro atoms. The van der Waals surface area contributed by atoms with Crippen molar-refractivity contribution in [3.8, 4) is 0 Å². The highest BCUT2D eigenvalue weighted by molar-refractivity contribution is 9.10. The summed E-state index contributed by atoms with van der Waals surface area (Å²) in [6.45, 7) is 2.27. The Morgan fingerprint density at radius 3 is 3.00 bits per heavy atom. The molecule has 0 aromatic heterocycles. The van der Waals surface area contributed by atoms with Crippen molar-refractivity contribution in [1.29, 1.82) is 0 Å². The van der Waals surface area contributed by atoms with Crippen LogP contribution in [0, 0.1) is 0 Å². The van der Waals surface area contributed by atoms with Gasteiger partial charge < -0.3 is 15.4 Å². The van der Waals surface area contributed by atoms with E-state index >= 15 is 0 Å². The largest absolute Gasteiger partial charge is 0.377 e. The number of benzene rings is 1. The van der Waals surface area contributed by atoms with E-state index in [1.807, 2.05) is 29.2 Å². The average Bonchev–Trinajstić information content (AvgIpc) is 2.46. The Balaban J connectivity index is 1.92. The van der Waals surface area contributed by atoms with Gasteiger partial charge >= 0.3 is 0 Å². The van der Waals surface area contributed by atoms with Crippen LogP contribution < -0.4 is 5.73 Å². The lowest BCUT2D eigenvalue weighted by molar-refractivity contribution is -0.139. The molecule has 104 valence electrons. The summed E-state index contributed by atoms with van der Waals surface area (Å²) in [6, 6.07) is 8.03. The Hall–Kier alpha value is -0.910. The van der Waals surface area contributed by atoms with Gasteiger partial charge in [0.15, 0.2) is 0 Å². The normalized spacial score (nSPS) is 19.5. The van der Waals surface area contributed by atoms with Crippen molar-refractivity contribution in [2.75, 3.05) is 26.3 Å². The third kappa shape index (κ3) is 3.78. The number of nitrogens with two attached hydrogens (primary N) is 1. The van der Waals surface area contributed by atoms with E-state index in [1.54, 1.807) is 0 Å². The number of ether oxygens (including phenoxy) is 1. The third-order valence-electron chi connectivity index (χ3n) is 3.39. The molecule has 0 bridgehead atoms. The topological polar surface area (TPSA) is 55.6 Å². The summed E-state index contributed by atoms with van der Waals surface area (Å²) < 4.78 is 6.41. The fourth-order valence-electron chi connectivity index (χ4n) is 2.26. The summed E-state index contributed by atoms with van der Waals surface area (Å²) in [5, 5.41) is 0. The second-order valence-corrected chi connectivity index (χ2v) is 5.50. The minimum absolute atomic E-state index is 0.0282. The Labute approximate surface area is 122 Å². The van der Waals surface area contributed by atoms with Gasteiger partial charge in [0.2, 0.25) is 5.91 Å². The van der Waals surface area contributed by atoms with Gasteiger partial charge in [-0.2, -0.15) is 0 Å². The molecule has 19 heavy (non-hydrogen) atoms. The molecule has 4 nitrogen and oxygen atoms in total. The predicted octanol–water partition coefficient (Wildman–Crippen LogP) is 1.57. The highest BCUT2D eigenvalue weighted by atomic mass is 79.9. The Morgan fingerprint density at radius 1 is 1.47 bits per heavy atom. The van der Waals surface area contributed by atoms with Crippen molar-refractivity contribution in [2.24, 2.45) is 5.73 Å². The average molecular weight is 327 g/mol. The van der Waals surface area contributed by atoms with Crippen LogP contribution in [0.1, 0.15) is 12.0 Å². The highest BCUT2D eigenvalue weighted by Gasteiger charge is 2.25. The molecule has 1 fully saturated rings. The maximum absolute atomic E-state index is 12.3. The van der Waals surface area contributed by atoms with Crippen LogP contribution in [0.2, 0.25) is 0 Å². The van der Waals surface area contributed by atoms with E-state index in [1.165, 1.54) is 0 Å². The molecular formula is C14H19BrN2O2. The van der Waals surface area contributed by atoms with Crippen molar-refractivity contribution in [3.63, 3.8) is 0 Å². The smallest absolute Gasteiger partial charge is 0.223 e. The first-order valence-corrected chi connectivity index (χ1v) is 7.32. The van der Waals surface area contributed by atoms with Gasteiger partial charge in [-0.15, -0.1) is 0 Å². The number of nitrogens with zero attached hydrogens (tertiary/aromatic N) is 1. The third-order valence-corrected chi connectivity index (χ3v) is 4.16. The van der Waals surface area contributed by atoms with Gasteiger partial charge in [-0.1, -0.05) is 34.1 Å². The minimum Gasteiger partial charge on any atom is -0.377 e. The summed E-state index contributed by atoms with van der Waals surface area (Å²) in [5.74, 6) is 0.162. The van der Waals surface area contributed by atoms with Crippen LogP contribution in [0.15, 0.2) is 28.7 Å². The summed E-state index contributed by atoms with van der Waals surface area (Å²) in [6.07, 6.45) is 1.26. The van der Waals surface area contributed by atoms with Crippen LogP contribution in [0.5, 0.6) is 0 Å². The van der Waals surface area contributed by atoms with E-state index < -0.39 is 0 Å². The molecule has 1 amide bonds. The molecule has 5 heteroatoms. The maximum atomic E-state index is 12.3.